The normalized spacial score (nSPS) is 9.94. The van der Waals surface area contributed by atoms with E-state index in [-0.39, 0.29) is 19.5 Å². The molecule has 0 spiro atoms. The van der Waals surface area contributed by atoms with E-state index in [1.807, 2.05) is 30.3 Å². The van der Waals surface area contributed by atoms with Crippen molar-refractivity contribution in [2.24, 2.45) is 0 Å². The van der Waals surface area contributed by atoms with Crippen molar-refractivity contribution in [3.05, 3.63) is 50.2 Å². The molecule has 0 aliphatic carbocycles. The van der Waals surface area contributed by atoms with Crippen LogP contribution in [0.15, 0.2) is 30.3 Å². The molecule has 0 unspecified atom stereocenters. The Kier molecular flexibility index (Phi) is 46.1. The van der Waals surface area contributed by atoms with Crippen LogP contribution in [0.2, 0.25) is 0 Å². The van der Waals surface area contributed by atoms with Crippen LogP contribution in [0.4, 0.5) is 0 Å². The summed E-state index contributed by atoms with van der Waals surface area (Å²) in [5, 5.41) is 0. The van der Waals surface area contributed by atoms with Crippen LogP contribution in [0.25, 0.3) is 0 Å². The van der Waals surface area contributed by atoms with Crippen molar-refractivity contribution in [2.75, 3.05) is 0 Å². The molecule has 0 heterocycles. The third kappa shape index (κ3) is 44.3. The molecule has 0 radical (unpaired) electrons. The molecule has 0 aliphatic heterocycles. The van der Waals surface area contributed by atoms with Crippen molar-refractivity contribution in [3.8, 4) is 0 Å². The van der Waals surface area contributed by atoms with E-state index >= 15 is 0 Å². The Labute approximate surface area is 237 Å². The van der Waals surface area contributed by atoms with Crippen LogP contribution in [0, 0.1) is 19.9 Å². The summed E-state index contributed by atoms with van der Waals surface area (Å²) in [7, 11) is 0. The Hall–Kier alpha value is -0.157. The van der Waals surface area contributed by atoms with E-state index < -0.39 is 0 Å². The Morgan fingerprint density at radius 2 is 0.657 bits per heavy atom. The predicted octanol–water partition coefficient (Wildman–Crippen LogP) is 12.5. The molecule has 35 heavy (non-hydrogen) atoms. The van der Waals surface area contributed by atoms with E-state index in [1.54, 1.807) is 0 Å². The summed E-state index contributed by atoms with van der Waals surface area (Å²) in [5.74, 6) is 0. The largest absolute Gasteiger partial charge is 0.343 e. The van der Waals surface area contributed by atoms with Gasteiger partial charge >= 0.3 is 0 Å². The van der Waals surface area contributed by atoms with Gasteiger partial charge in [0.1, 0.15) is 0 Å². The van der Waals surface area contributed by atoms with Crippen molar-refractivity contribution < 1.29 is 19.5 Å². The summed E-state index contributed by atoms with van der Waals surface area (Å²) < 4.78 is 0. The molecule has 0 amide bonds. The van der Waals surface area contributed by atoms with Gasteiger partial charge in [-0.2, -0.15) is 49.2 Å². The molecule has 1 heteroatoms. The monoisotopic (exact) mass is 535 g/mol. The molecule has 1 rings (SSSR count). The van der Waals surface area contributed by atoms with Gasteiger partial charge < -0.3 is 13.8 Å². The number of benzene rings is 1. The average molecular weight is 537 g/mol. The van der Waals surface area contributed by atoms with E-state index in [0.717, 1.165) is 12.8 Å². The fourth-order valence-electron chi connectivity index (χ4n) is 4.02. The molecule has 0 aliphatic rings. The minimum absolute atomic E-state index is 0. The molecular weight excluding hydrogens is 474 g/mol. The van der Waals surface area contributed by atoms with Crippen LogP contribution in [-0.2, 0) is 19.5 Å². The first-order chi connectivity index (χ1) is 16.8. The molecule has 0 saturated carbocycles. The predicted molar refractivity (Wildman–Crippen MR) is 158 cm³/mol. The van der Waals surface area contributed by atoms with Crippen molar-refractivity contribution in [3.63, 3.8) is 0 Å². The van der Waals surface area contributed by atoms with Gasteiger partial charge in [0, 0.05) is 19.5 Å². The summed E-state index contributed by atoms with van der Waals surface area (Å²) in [6.07, 6.45) is 33.7. The zero-order valence-electron chi connectivity index (χ0n) is 24.5. The van der Waals surface area contributed by atoms with Gasteiger partial charge in [-0.25, -0.2) is 0 Å². The summed E-state index contributed by atoms with van der Waals surface area (Å²) in [5.41, 5.74) is 0. The van der Waals surface area contributed by atoms with Crippen LogP contribution in [-0.4, -0.2) is 0 Å². The fourth-order valence-corrected chi connectivity index (χ4v) is 4.02. The molecule has 0 N–H and O–H groups in total. The standard InChI is InChI=1S/2C14H29.C6H5.Zn/c2*1-3-5-7-9-11-13-14-12-10-8-6-4-2;1-2-4-6-5-3-1;/h2*1,3-14H2,2H3;1-5H;/q3*-1;. The maximum Gasteiger partial charge on any atom is 0 e. The maximum absolute atomic E-state index is 3.86. The van der Waals surface area contributed by atoms with Crippen LogP contribution in [0.3, 0.4) is 0 Å². The third-order valence-corrected chi connectivity index (χ3v) is 6.31. The number of unbranched alkanes of at least 4 members (excludes halogenated alkanes) is 22. The van der Waals surface area contributed by atoms with Crippen molar-refractivity contribution in [1.29, 1.82) is 0 Å². The van der Waals surface area contributed by atoms with E-state index in [0.29, 0.717) is 0 Å². The second-order valence-electron chi connectivity index (χ2n) is 9.86. The molecule has 0 atom stereocenters. The first kappa shape index (κ1) is 39.4. The van der Waals surface area contributed by atoms with Crippen LogP contribution in [0.5, 0.6) is 0 Å². The Morgan fingerprint density at radius 3 is 0.829 bits per heavy atom. The summed E-state index contributed by atoms with van der Waals surface area (Å²) >= 11 is 0. The molecule has 0 nitrogen and oxygen atoms in total. The fraction of sp³-hybridized carbons (Fsp3) is 0.765. The van der Waals surface area contributed by atoms with Gasteiger partial charge in [-0.3, -0.25) is 0 Å². The molecule has 204 valence electrons. The Bertz CT molecular complexity index is 328. The van der Waals surface area contributed by atoms with Crippen molar-refractivity contribution in [2.45, 2.75) is 168 Å². The van der Waals surface area contributed by atoms with Crippen molar-refractivity contribution in [1.82, 2.24) is 0 Å². The van der Waals surface area contributed by atoms with E-state index in [1.165, 1.54) is 141 Å². The van der Waals surface area contributed by atoms with Gasteiger partial charge in [-0.1, -0.05) is 155 Å². The second-order valence-corrected chi connectivity index (χ2v) is 9.86. The summed E-state index contributed by atoms with van der Waals surface area (Å²) in [6.45, 7) is 12.3. The smallest absolute Gasteiger partial charge is 0 e. The van der Waals surface area contributed by atoms with Gasteiger partial charge in [-0.05, 0) is 0 Å². The average Bonchev–Trinajstić information content (AvgIpc) is 2.88. The minimum atomic E-state index is 0. The Morgan fingerprint density at radius 1 is 0.400 bits per heavy atom. The third-order valence-electron chi connectivity index (χ3n) is 6.31. The first-order valence-electron chi connectivity index (χ1n) is 15.3. The van der Waals surface area contributed by atoms with E-state index in [2.05, 4.69) is 33.8 Å². The summed E-state index contributed by atoms with van der Waals surface area (Å²) in [6, 6.07) is 12.5. The Balaban J connectivity index is -0.000000462. The van der Waals surface area contributed by atoms with Crippen LogP contribution >= 0.6 is 0 Å². The number of hydrogen-bond donors (Lipinski definition) is 0. The van der Waals surface area contributed by atoms with Crippen LogP contribution < -0.4 is 0 Å². The molecule has 1 aromatic rings. The number of rotatable bonds is 22. The van der Waals surface area contributed by atoms with Crippen molar-refractivity contribution >= 4 is 0 Å². The zero-order valence-corrected chi connectivity index (χ0v) is 27.4. The maximum atomic E-state index is 3.86. The first-order valence-corrected chi connectivity index (χ1v) is 15.3. The SMILES string of the molecule is [CH2-]CCCCCCCCCCCCC.[CH2-]CCCCCCCCCCCCC.[Zn].[c-]1ccccc1. The van der Waals surface area contributed by atoms with Gasteiger partial charge in [0.25, 0.3) is 0 Å². The molecular formula is C34H63Zn-3. The van der Waals surface area contributed by atoms with E-state index in [9.17, 15) is 0 Å². The van der Waals surface area contributed by atoms with Gasteiger partial charge in [-0.15, -0.1) is 0 Å². The van der Waals surface area contributed by atoms with E-state index in [4.69, 9.17) is 0 Å². The van der Waals surface area contributed by atoms with Gasteiger partial charge in [0.05, 0.1) is 0 Å². The molecule has 0 fully saturated rings. The topological polar surface area (TPSA) is 0 Å². The van der Waals surface area contributed by atoms with Gasteiger partial charge in [0.2, 0.25) is 0 Å². The van der Waals surface area contributed by atoms with Gasteiger partial charge in [0.15, 0.2) is 0 Å². The minimum Gasteiger partial charge on any atom is -0.343 e. The molecule has 0 saturated heterocycles. The molecule has 0 bridgehead atoms. The molecule has 1 aromatic carbocycles. The zero-order chi connectivity index (χ0) is 25.2. The number of hydrogen-bond acceptors (Lipinski definition) is 0. The molecule has 0 aromatic heterocycles. The second kappa shape index (κ2) is 41.0. The summed E-state index contributed by atoms with van der Waals surface area (Å²) in [4.78, 5) is 0. The quantitative estimate of drug-likeness (QED) is 0.0784. The van der Waals surface area contributed by atoms with Crippen LogP contribution in [0.1, 0.15) is 168 Å².